The predicted octanol–water partition coefficient (Wildman–Crippen LogP) is 3.20. The van der Waals surface area contributed by atoms with Gasteiger partial charge in [0.2, 0.25) is 11.8 Å². The van der Waals surface area contributed by atoms with E-state index in [1.165, 1.54) is 4.90 Å². The Hall–Kier alpha value is -2.30. The fourth-order valence-electron chi connectivity index (χ4n) is 4.49. The number of rotatable bonds is 4. The molecule has 5 heteroatoms. The highest BCUT2D eigenvalue weighted by Gasteiger charge is 2.47. The lowest BCUT2D eigenvalue weighted by Crippen LogP contribution is -2.33. The maximum Gasteiger partial charge on any atom is 0.233 e. The molecule has 4 rings (SSSR count). The van der Waals surface area contributed by atoms with Crippen LogP contribution in [0.2, 0.25) is 0 Å². The normalized spacial score (nSPS) is 23.4. The number of hydrogen-bond donors (Lipinski definition) is 1. The highest BCUT2D eigenvalue weighted by Crippen LogP contribution is 2.38. The van der Waals surface area contributed by atoms with Crippen LogP contribution in [-0.2, 0) is 16.0 Å². The van der Waals surface area contributed by atoms with Crippen molar-refractivity contribution in [3.63, 3.8) is 0 Å². The molecule has 0 spiro atoms. The molecule has 1 saturated carbocycles. The van der Waals surface area contributed by atoms with Gasteiger partial charge in [-0.15, -0.1) is 0 Å². The lowest BCUT2D eigenvalue weighted by atomic mass is 9.81. The van der Waals surface area contributed by atoms with Gasteiger partial charge >= 0.3 is 0 Å². The number of H-pyrrole nitrogens is 1. The van der Waals surface area contributed by atoms with E-state index in [1.807, 2.05) is 25.1 Å². The molecule has 1 aliphatic carbocycles. The van der Waals surface area contributed by atoms with Crippen molar-refractivity contribution in [3.05, 3.63) is 29.5 Å². The maximum absolute atomic E-state index is 12.6. The quantitative estimate of drug-likeness (QED) is 0.870. The first-order valence-corrected chi connectivity index (χ1v) is 9.10. The molecule has 2 heterocycles. The SMILES string of the molecule is COc1ccc2[nH]c(C)c(CCN3C(=O)[C@H]4CCCC[C@H]4C3=O)c2c1. The number of methoxy groups -OCH3 is 1. The molecule has 1 aromatic carbocycles. The fourth-order valence-corrected chi connectivity index (χ4v) is 4.49. The minimum absolute atomic E-state index is 0.0461. The van der Waals surface area contributed by atoms with Crippen LogP contribution in [0.25, 0.3) is 10.9 Å². The molecule has 1 aliphatic heterocycles. The number of aromatic amines is 1. The third-order valence-electron chi connectivity index (χ3n) is 5.84. The largest absolute Gasteiger partial charge is 0.497 e. The van der Waals surface area contributed by atoms with Crippen molar-refractivity contribution < 1.29 is 14.3 Å². The molecule has 0 bridgehead atoms. The van der Waals surface area contributed by atoms with Crippen molar-refractivity contribution in [1.82, 2.24) is 9.88 Å². The first-order valence-electron chi connectivity index (χ1n) is 9.10. The summed E-state index contributed by atoms with van der Waals surface area (Å²) in [6.07, 6.45) is 4.55. The zero-order chi connectivity index (χ0) is 17.6. The molecular formula is C20H24N2O3. The number of nitrogens with one attached hydrogen (secondary N) is 1. The first-order chi connectivity index (χ1) is 12.1. The minimum atomic E-state index is -0.0644. The molecule has 0 radical (unpaired) electrons. The van der Waals surface area contributed by atoms with Gasteiger partial charge in [-0.25, -0.2) is 0 Å². The van der Waals surface area contributed by atoms with Crippen LogP contribution in [0.5, 0.6) is 5.75 Å². The summed E-state index contributed by atoms with van der Waals surface area (Å²) in [7, 11) is 1.66. The molecule has 5 nitrogen and oxygen atoms in total. The van der Waals surface area contributed by atoms with Crippen LogP contribution in [0.4, 0.5) is 0 Å². The van der Waals surface area contributed by atoms with E-state index in [-0.39, 0.29) is 23.7 Å². The van der Waals surface area contributed by atoms with Crippen molar-refractivity contribution in [2.24, 2.45) is 11.8 Å². The molecule has 2 atom stereocenters. The molecule has 132 valence electrons. The summed E-state index contributed by atoms with van der Waals surface area (Å²) in [5.74, 6) is 0.775. The van der Waals surface area contributed by atoms with Crippen LogP contribution in [0.15, 0.2) is 18.2 Å². The average Bonchev–Trinajstić information content (AvgIpc) is 3.07. The second-order valence-corrected chi connectivity index (χ2v) is 7.22. The lowest BCUT2D eigenvalue weighted by molar-refractivity contribution is -0.139. The summed E-state index contributed by atoms with van der Waals surface area (Å²) in [4.78, 5) is 30.2. The number of likely N-dealkylation sites (tertiary alicyclic amines) is 1. The second-order valence-electron chi connectivity index (χ2n) is 7.22. The van der Waals surface area contributed by atoms with Crippen molar-refractivity contribution in [1.29, 1.82) is 0 Å². The van der Waals surface area contributed by atoms with E-state index >= 15 is 0 Å². The molecule has 0 unspecified atom stereocenters. The summed E-state index contributed by atoms with van der Waals surface area (Å²) >= 11 is 0. The first kappa shape index (κ1) is 16.2. The number of carbonyl (C=O) groups excluding carboxylic acids is 2. The summed E-state index contributed by atoms with van der Waals surface area (Å²) in [5, 5.41) is 1.10. The molecule has 2 aromatic rings. The number of imide groups is 1. The van der Waals surface area contributed by atoms with Gasteiger partial charge in [0.25, 0.3) is 0 Å². The van der Waals surface area contributed by atoms with Crippen molar-refractivity contribution >= 4 is 22.7 Å². The van der Waals surface area contributed by atoms with Crippen LogP contribution < -0.4 is 4.74 Å². The van der Waals surface area contributed by atoms with Crippen LogP contribution in [0.3, 0.4) is 0 Å². The van der Waals surface area contributed by atoms with Gasteiger partial charge in [-0.3, -0.25) is 14.5 Å². The van der Waals surface area contributed by atoms with E-state index in [4.69, 9.17) is 4.74 Å². The molecule has 1 N–H and O–H groups in total. The van der Waals surface area contributed by atoms with E-state index in [0.717, 1.165) is 53.6 Å². The highest BCUT2D eigenvalue weighted by molar-refractivity contribution is 6.05. The van der Waals surface area contributed by atoms with Gasteiger partial charge in [-0.05, 0) is 49.9 Å². The number of fused-ring (bicyclic) bond motifs is 2. The number of ether oxygens (including phenoxy) is 1. The van der Waals surface area contributed by atoms with Crippen molar-refractivity contribution in [2.45, 2.75) is 39.0 Å². The van der Waals surface area contributed by atoms with Gasteiger partial charge in [0.15, 0.2) is 0 Å². The second kappa shape index (κ2) is 6.21. The van der Waals surface area contributed by atoms with Crippen LogP contribution in [0.1, 0.15) is 36.9 Å². The summed E-state index contributed by atoms with van der Waals surface area (Å²) in [6.45, 7) is 2.50. The van der Waals surface area contributed by atoms with Crippen molar-refractivity contribution in [3.8, 4) is 5.75 Å². The Morgan fingerprint density at radius 2 is 1.84 bits per heavy atom. The number of aromatic nitrogens is 1. The number of carbonyl (C=O) groups is 2. The zero-order valence-electron chi connectivity index (χ0n) is 14.8. The number of amides is 2. The molecule has 2 amide bonds. The topological polar surface area (TPSA) is 62.4 Å². The molecule has 1 aromatic heterocycles. The Labute approximate surface area is 147 Å². The minimum Gasteiger partial charge on any atom is -0.497 e. The number of aryl methyl sites for hydroxylation is 1. The molecule has 2 aliphatic rings. The van der Waals surface area contributed by atoms with Crippen LogP contribution in [-0.4, -0.2) is 35.4 Å². The number of nitrogens with zero attached hydrogens (tertiary/aromatic N) is 1. The lowest BCUT2D eigenvalue weighted by Gasteiger charge is -2.19. The standard InChI is InChI=1S/C20H24N2O3/c1-12-14(17-11-13(25-2)7-8-18(17)21-12)9-10-22-19(23)15-5-3-4-6-16(15)20(22)24/h7-8,11,15-16,21H,3-6,9-10H2,1-2H3/t15-,16+. The average molecular weight is 340 g/mol. The smallest absolute Gasteiger partial charge is 0.233 e. The van der Waals surface area contributed by atoms with E-state index in [1.54, 1.807) is 7.11 Å². The van der Waals surface area contributed by atoms with E-state index in [9.17, 15) is 9.59 Å². The van der Waals surface area contributed by atoms with Crippen LogP contribution >= 0.6 is 0 Å². The van der Waals surface area contributed by atoms with E-state index in [0.29, 0.717) is 13.0 Å². The molecule has 1 saturated heterocycles. The number of benzene rings is 1. The maximum atomic E-state index is 12.6. The Bertz CT molecular complexity index is 815. The van der Waals surface area contributed by atoms with Crippen LogP contribution in [0, 0.1) is 18.8 Å². The summed E-state index contributed by atoms with van der Waals surface area (Å²) in [5.41, 5.74) is 3.30. The molecule has 25 heavy (non-hydrogen) atoms. The Morgan fingerprint density at radius 1 is 1.16 bits per heavy atom. The predicted molar refractivity (Wildman–Crippen MR) is 95.5 cm³/mol. The van der Waals surface area contributed by atoms with Gasteiger partial charge in [0.1, 0.15) is 5.75 Å². The van der Waals surface area contributed by atoms with E-state index < -0.39 is 0 Å². The Kier molecular flexibility index (Phi) is 4.02. The van der Waals surface area contributed by atoms with Crippen molar-refractivity contribution in [2.75, 3.05) is 13.7 Å². The monoisotopic (exact) mass is 340 g/mol. The summed E-state index contributed by atoms with van der Waals surface area (Å²) in [6, 6.07) is 5.95. The highest BCUT2D eigenvalue weighted by atomic mass is 16.5. The molecule has 2 fully saturated rings. The Morgan fingerprint density at radius 3 is 2.48 bits per heavy atom. The van der Waals surface area contributed by atoms with Gasteiger partial charge in [-0.2, -0.15) is 0 Å². The number of hydrogen-bond acceptors (Lipinski definition) is 3. The fraction of sp³-hybridized carbons (Fsp3) is 0.500. The van der Waals surface area contributed by atoms with Gasteiger partial charge in [0.05, 0.1) is 18.9 Å². The zero-order valence-corrected chi connectivity index (χ0v) is 14.8. The van der Waals surface area contributed by atoms with Gasteiger partial charge < -0.3 is 9.72 Å². The van der Waals surface area contributed by atoms with E-state index in [2.05, 4.69) is 4.98 Å². The third-order valence-corrected chi connectivity index (χ3v) is 5.84. The Balaban J connectivity index is 1.57. The van der Waals surface area contributed by atoms with Gasteiger partial charge in [0, 0.05) is 23.1 Å². The third kappa shape index (κ3) is 2.62. The van der Waals surface area contributed by atoms with Gasteiger partial charge in [-0.1, -0.05) is 12.8 Å². The molecular weight excluding hydrogens is 316 g/mol. The summed E-state index contributed by atoms with van der Waals surface area (Å²) < 4.78 is 5.33.